The second kappa shape index (κ2) is 9.38. The van der Waals surface area contributed by atoms with E-state index in [2.05, 4.69) is 32.6 Å². The first-order valence-electron chi connectivity index (χ1n) is 8.60. The molecule has 0 atom stereocenters. The lowest BCUT2D eigenvalue weighted by Gasteiger charge is -2.28. The maximum Gasteiger partial charge on any atom is 0.434 e. The molecule has 1 aliphatic heterocycles. The van der Waals surface area contributed by atoms with E-state index in [4.69, 9.17) is 0 Å². The number of aliphatic imine (C=N–C) groups is 1. The molecule has 5 nitrogen and oxygen atoms in total. The molecule has 0 radical (unpaired) electrons. The van der Waals surface area contributed by atoms with Crippen molar-refractivity contribution in [2.24, 2.45) is 10.9 Å². The van der Waals surface area contributed by atoms with Crippen LogP contribution in [-0.4, -0.2) is 55.6 Å². The number of alkyl halides is 3. The van der Waals surface area contributed by atoms with Crippen molar-refractivity contribution in [2.75, 3.05) is 39.8 Å². The normalized spacial score (nSPS) is 17.7. The van der Waals surface area contributed by atoms with Gasteiger partial charge in [0.05, 0.1) is 5.01 Å². The molecule has 2 heterocycles. The number of thiazole rings is 1. The van der Waals surface area contributed by atoms with Gasteiger partial charge in [-0.05, 0) is 45.8 Å². The molecule has 1 fully saturated rings. The van der Waals surface area contributed by atoms with Gasteiger partial charge in [-0.2, -0.15) is 13.2 Å². The molecule has 0 unspecified atom stereocenters. The van der Waals surface area contributed by atoms with E-state index < -0.39 is 11.9 Å². The first-order valence-corrected chi connectivity index (χ1v) is 9.48. The molecule has 2 rings (SSSR count). The number of piperidine rings is 1. The molecule has 2 N–H and O–H groups in total. The molecule has 142 valence electrons. The van der Waals surface area contributed by atoms with Crippen LogP contribution in [0.25, 0.3) is 0 Å². The van der Waals surface area contributed by atoms with E-state index in [0.717, 1.165) is 55.7 Å². The highest BCUT2D eigenvalue weighted by Crippen LogP contribution is 2.30. The van der Waals surface area contributed by atoms with Crippen LogP contribution in [0, 0.1) is 5.92 Å². The van der Waals surface area contributed by atoms with Crippen LogP contribution >= 0.6 is 11.3 Å². The topological polar surface area (TPSA) is 52.6 Å². The number of nitrogens with one attached hydrogen (secondary N) is 2. The zero-order chi connectivity index (χ0) is 18.3. The first kappa shape index (κ1) is 20.0. The number of rotatable bonds is 6. The summed E-state index contributed by atoms with van der Waals surface area (Å²) in [6.45, 7) is 6.23. The number of halogens is 3. The number of aromatic nitrogens is 1. The summed E-state index contributed by atoms with van der Waals surface area (Å²) < 4.78 is 37.6. The molecule has 0 aromatic carbocycles. The van der Waals surface area contributed by atoms with Crippen molar-refractivity contribution in [3.05, 3.63) is 16.1 Å². The van der Waals surface area contributed by atoms with Crippen molar-refractivity contribution in [3.8, 4) is 0 Å². The Kier molecular flexibility index (Phi) is 7.49. The third kappa shape index (κ3) is 6.81. The van der Waals surface area contributed by atoms with Crippen LogP contribution in [0.3, 0.4) is 0 Å². The van der Waals surface area contributed by atoms with Crippen LogP contribution < -0.4 is 10.6 Å². The molecule has 0 bridgehead atoms. The minimum absolute atomic E-state index is 0.444. The zero-order valence-electron chi connectivity index (χ0n) is 14.7. The summed E-state index contributed by atoms with van der Waals surface area (Å²) in [6, 6.07) is 0. The Morgan fingerprint density at radius 1 is 1.36 bits per heavy atom. The third-order valence-corrected chi connectivity index (χ3v) is 5.07. The Hall–Kier alpha value is -1.35. The van der Waals surface area contributed by atoms with Crippen molar-refractivity contribution in [2.45, 2.75) is 32.4 Å². The molecule has 1 saturated heterocycles. The summed E-state index contributed by atoms with van der Waals surface area (Å²) in [6.07, 6.45) is -1.62. The van der Waals surface area contributed by atoms with E-state index in [1.807, 2.05) is 6.92 Å². The Balaban J connectivity index is 1.78. The van der Waals surface area contributed by atoms with Crippen molar-refractivity contribution in [1.29, 1.82) is 0 Å². The maximum absolute atomic E-state index is 12.5. The van der Waals surface area contributed by atoms with Gasteiger partial charge in [0.1, 0.15) is 0 Å². The third-order valence-electron chi connectivity index (χ3n) is 4.16. The predicted octanol–water partition coefficient (Wildman–Crippen LogP) is 2.60. The lowest BCUT2D eigenvalue weighted by molar-refractivity contribution is -0.140. The first-order chi connectivity index (χ1) is 11.9. The van der Waals surface area contributed by atoms with Gasteiger partial charge in [-0.3, -0.25) is 4.99 Å². The minimum Gasteiger partial charge on any atom is -0.357 e. The average Bonchev–Trinajstić information content (AvgIpc) is 3.03. The molecule has 0 spiro atoms. The zero-order valence-corrected chi connectivity index (χ0v) is 15.5. The molecule has 0 saturated carbocycles. The summed E-state index contributed by atoms with van der Waals surface area (Å²) in [4.78, 5) is 10.6. The van der Waals surface area contributed by atoms with Crippen LogP contribution in [0.4, 0.5) is 13.2 Å². The summed E-state index contributed by atoms with van der Waals surface area (Å²) in [7, 11) is 2.13. The van der Waals surface area contributed by atoms with Crippen LogP contribution in [0.5, 0.6) is 0 Å². The number of hydrogen-bond acceptors (Lipinski definition) is 4. The monoisotopic (exact) mass is 377 g/mol. The van der Waals surface area contributed by atoms with Gasteiger partial charge in [-0.1, -0.05) is 0 Å². The summed E-state index contributed by atoms with van der Waals surface area (Å²) >= 11 is 1.04. The lowest BCUT2D eigenvalue weighted by atomic mass is 9.97. The van der Waals surface area contributed by atoms with Crippen molar-refractivity contribution in [3.63, 3.8) is 0 Å². The molecule has 0 amide bonds. The maximum atomic E-state index is 12.5. The Bertz CT molecular complexity index is 550. The molecule has 1 aromatic heterocycles. The number of likely N-dealkylation sites (tertiary alicyclic amines) is 1. The standard InChI is InChI=1S/C16H26F3N5S/c1-3-20-15(22-10-12-5-8-24(2)9-6-12)21-7-4-14-23-13(11-25-14)16(17,18)19/h11-12H,3-10H2,1-2H3,(H2,20,21,22). The molecule has 9 heteroatoms. The quantitative estimate of drug-likeness (QED) is 0.591. The second-order valence-electron chi connectivity index (χ2n) is 6.27. The van der Waals surface area contributed by atoms with Crippen LogP contribution in [-0.2, 0) is 12.6 Å². The van der Waals surface area contributed by atoms with Gasteiger partial charge in [-0.25, -0.2) is 4.98 Å². The van der Waals surface area contributed by atoms with Crippen molar-refractivity contribution >= 4 is 17.3 Å². The largest absolute Gasteiger partial charge is 0.434 e. The second-order valence-corrected chi connectivity index (χ2v) is 7.21. The Labute approximate surface area is 150 Å². The van der Waals surface area contributed by atoms with Gasteiger partial charge >= 0.3 is 6.18 Å². The molecular weight excluding hydrogens is 351 g/mol. The van der Waals surface area contributed by atoms with E-state index >= 15 is 0 Å². The van der Waals surface area contributed by atoms with Crippen LogP contribution in [0.1, 0.15) is 30.5 Å². The van der Waals surface area contributed by atoms with Crippen molar-refractivity contribution < 1.29 is 13.2 Å². The van der Waals surface area contributed by atoms with E-state index in [1.165, 1.54) is 0 Å². The minimum atomic E-state index is -4.37. The molecule has 1 aromatic rings. The van der Waals surface area contributed by atoms with Gasteiger partial charge in [0.15, 0.2) is 11.7 Å². The van der Waals surface area contributed by atoms with Gasteiger partial charge in [0.25, 0.3) is 0 Å². The summed E-state index contributed by atoms with van der Waals surface area (Å²) in [5, 5.41) is 7.90. The lowest BCUT2D eigenvalue weighted by Crippen LogP contribution is -2.39. The fourth-order valence-electron chi connectivity index (χ4n) is 2.65. The van der Waals surface area contributed by atoms with Crippen LogP contribution in [0.15, 0.2) is 10.4 Å². The molecule has 1 aliphatic rings. The van der Waals surface area contributed by atoms with Gasteiger partial charge in [0, 0.05) is 31.4 Å². The SMILES string of the molecule is CCNC(=NCC1CCN(C)CC1)NCCc1nc(C(F)(F)F)cs1. The molecule has 0 aliphatic carbocycles. The highest BCUT2D eigenvalue weighted by molar-refractivity contribution is 7.09. The van der Waals surface area contributed by atoms with E-state index in [9.17, 15) is 13.2 Å². The predicted molar refractivity (Wildman–Crippen MR) is 95.0 cm³/mol. The van der Waals surface area contributed by atoms with Gasteiger partial charge in [-0.15, -0.1) is 11.3 Å². The Morgan fingerprint density at radius 2 is 2.08 bits per heavy atom. The molecular formula is C16H26F3N5S. The van der Waals surface area contributed by atoms with Crippen LogP contribution in [0.2, 0.25) is 0 Å². The smallest absolute Gasteiger partial charge is 0.357 e. The fourth-order valence-corrected chi connectivity index (χ4v) is 3.46. The average molecular weight is 377 g/mol. The van der Waals surface area contributed by atoms with E-state index in [-0.39, 0.29) is 0 Å². The highest BCUT2D eigenvalue weighted by atomic mass is 32.1. The number of hydrogen-bond donors (Lipinski definition) is 2. The number of nitrogens with zero attached hydrogens (tertiary/aromatic N) is 3. The highest BCUT2D eigenvalue weighted by Gasteiger charge is 2.33. The van der Waals surface area contributed by atoms with Gasteiger partial charge < -0.3 is 15.5 Å². The summed E-state index contributed by atoms with van der Waals surface area (Å²) in [5.41, 5.74) is -0.810. The summed E-state index contributed by atoms with van der Waals surface area (Å²) in [5.74, 6) is 1.31. The van der Waals surface area contributed by atoms with Gasteiger partial charge in [0.2, 0.25) is 0 Å². The fraction of sp³-hybridized carbons (Fsp3) is 0.750. The van der Waals surface area contributed by atoms with E-state index in [0.29, 0.717) is 29.9 Å². The van der Waals surface area contributed by atoms with Crippen molar-refractivity contribution in [1.82, 2.24) is 20.5 Å². The Morgan fingerprint density at radius 3 is 2.68 bits per heavy atom. The van der Waals surface area contributed by atoms with E-state index in [1.54, 1.807) is 0 Å². The molecule has 25 heavy (non-hydrogen) atoms. The number of guanidine groups is 1.